The number of nitrogens with zero attached hydrogens (tertiary/aromatic N) is 4. The Bertz CT molecular complexity index is 1650. The molecule has 5 rings (SSSR count). The first-order valence-electron chi connectivity index (χ1n) is 12.9. The summed E-state index contributed by atoms with van der Waals surface area (Å²) in [6.45, 7) is 5.54. The lowest BCUT2D eigenvalue weighted by molar-refractivity contribution is 0.0600. The number of carbonyl (C=O) groups excluding carboxylic acids is 1. The van der Waals surface area contributed by atoms with Crippen LogP contribution in [0.15, 0.2) is 97.3 Å². The summed E-state index contributed by atoms with van der Waals surface area (Å²) in [6.07, 6.45) is 7.31. The predicted octanol–water partition coefficient (Wildman–Crippen LogP) is 5.73. The number of allylic oxidation sites excluding steroid dienone is 1. The molecule has 1 aromatic carbocycles. The highest BCUT2D eigenvalue weighted by Crippen LogP contribution is 2.40. The van der Waals surface area contributed by atoms with Gasteiger partial charge in [-0.15, -0.1) is 0 Å². The number of methoxy groups -OCH3 is 1. The monoisotopic (exact) mass is 533 g/mol. The van der Waals surface area contributed by atoms with Crippen molar-refractivity contribution >= 4 is 22.6 Å². The minimum atomic E-state index is -0.822. The van der Waals surface area contributed by atoms with Gasteiger partial charge in [-0.1, -0.05) is 24.3 Å². The van der Waals surface area contributed by atoms with Gasteiger partial charge in [-0.05, 0) is 68.8 Å². The summed E-state index contributed by atoms with van der Waals surface area (Å²) in [6, 6.07) is 20.5. The standard InChI is InChI=1S/C32H31N5O3/c1-20(33)29(21(2)38)24-17-26-30(36-18-24)25(22-11-13-23(14-12-22)31(39)40-4)19-37(26)32(3,27-9-5-7-15-34-27)28-10-6-8-16-35-28/h5-20,38H,33H2,1-4H3/b29-21+. The van der Waals surface area contributed by atoms with Crippen LogP contribution in [0.4, 0.5) is 0 Å². The van der Waals surface area contributed by atoms with Crippen LogP contribution in [0.25, 0.3) is 27.7 Å². The van der Waals surface area contributed by atoms with Crippen molar-refractivity contribution < 1.29 is 14.6 Å². The topological polar surface area (TPSA) is 116 Å². The van der Waals surface area contributed by atoms with Crippen molar-refractivity contribution in [3.8, 4) is 11.1 Å². The maximum atomic E-state index is 12.0. The molecule has 40 heavy (non-hydrogen) atoms. The number of pyridine rings is 3. The van der Waals surface area contributed by atoms with Gasteiger partial charge in [-0.2, -0.15) is 0 Å². The summed E-state index contributed by atoms with van der Waals surface area (Å²) in [5, 5.41) is 10.5. The number of hydrogen-bond donors (Lipinski definition) is 2. The van der Waals surface area contributed by atoms with E-state index in [1.54, 1.807) is 37.6 Å². The lowest BCUT2D eigenvalue weighted by atomic mass is 9.91. The highest BCUT2D eigenvalue weighted by atomic mass is 16.5. The second-order valence-electron chi connectivity index (χ2n) is 9.86. The van der Waals surface area contributed by atoms with Gasteiger partial charge in [-0.25, -0.2) is 4.79 Å². The van der Waals surface area contributed by atoms with Crippen molar-refractivity contribution in [1.82, 2.24) is 19.5 Å². The van der Waals surface area contributed by atoms with Crippen LogP contribution in [-0.4, -0.2) is 43.7 Å². The van der Waals surface area contributed by atoms with Crippen molar-refractivity contribution in [2.24, 2.45) is 5.73 Å². The molecule has 0 bridgehead atoms. The number of rotatable bonds is 7. The minimum Gasteiger partial charge on any atom is -0.512 e. The number of esters is 1. The average molecular weight is 534 g/mol. The maximum Gasteiger partial charge on any atom is 0.337 e. The van der Waals surface area contributed by atoms with Gasteiger partial charge in [0, 0.05) is 47.5 Å². The van der Waals surface area contributed by atoms with E-state index in [1.165, 1.54) is 7.11 Å². The molecule has 0 saturated carbocycles. The van der Waals surface area contributed by atoms with Crippen molar-refractivity contribution in [3.63, 3.8) is 0 Å². The van der Waals surface area contributed by atoms with Gasteiger partial charge in [0.05, 0.1) is 40.9 Å². The molecule has 5 aromatic rings. The Labute approximate surface area is 232 Å². The number of ether oxygens (including phenoxy) is 1. The molecule has 3 N–H and O–H groups in total. The molecule has 0 aliphatic heterocycles. The van der Waals surface area contributed by atoms with E-state index in [1.807, 2.05) is 67.7 Å². The van der Waals surface area contributed by atoms with Gasteiger partial charge in [-0.3, -0.25) is 15.0 Å². The first-order valence-corrected chi connectivity index (χ1v) is 12.9. The zero-order valence-corrected chi connectivity index (χ0v) is 22.9. The number of nitrogens with two attached hydrogens (primary N) is 1. The summed E-state index contributed by atoms with van der Waals surface area (Å²) >= 11 is 0. The lowest BCUT2D eigenvalue weighted by Crippen LogP contribution is -2.34. The second-order valence-corrected chi connectivity index (χ2v) is 9.86. The third-order valence-electron chi connectivity index (χ3n) is 7.22. The Kier molecular flexibility index (Phi) is 7.19. The summed E-state index contributed by atoms with van der Waals surface area (Å²) in [5.41, 5.74) is 12.1. The Balaban J connectivity index is 1.84. The molecule has 0 fully saturated rings. The van der Waals surface area contributed by atoms with Crippen molar-refractivity contribution in [2.45, 2.75) is 32.4 Å². The fourth-order valence-corrected chi connectivity index (χ4v) is 5.22. The van der Waals surface area contributed by atoms with Gasteiger partial charge in [0.2, 0.25) is 0 Å². The van der Waals surface area contributed by atoms with Crippen LogP contribution >= 0.6 is 0 Å². The normalized spacial score (nSPS) is 13.1. The molecule has 0 spiro atoms. The molecule has 0 radical (unpaired) electrons. The fraction of sp³-hybridized carbons (Fsp3) is 0.188. The first-order chi connectivity index (χ1) is 19.3. The molecular formula is C32H31N5O3. The Hall–Kier alpha value is -4.82. The number of aliphatic hydroxyl groups excluding tert-OH is 1. The van der Waals surface area contributed by atoms with E-state index in [-0.39, 0.29) is 5.76 Å². The Morgan fingerprint density at radius 1 is 0.975 bits per heavy atom. The average Bonchev–Trinajstić information content (AvgIpc) is 3.36. The van der Waals surface area contributed by atoms with Crippen LogP contribution in [-0.2, 0) is 10.3 Å². The number of fused-ring (bicyclic) bond motifs is 1. The number of aromatic nitrogens is 4. The third kappa shape index (κ3) is 4.63. The molecule has 0 saturated heterocycles. The number of hydrogen-bond acceptors (Lipinski definition) is 7. The van der Waals surface area contributed by atoms with Crippen LogP contribution in [0.5, 0.6) is 0 Å². The van der Waals surface area contributed by atoms with Gasteiger partial charge < -0.3 is 20.1 Å². The van der Waals surface area contributed by atoms with E-state index in [9.17, 15) is 9.90 Å². The van der Waals surface area contributed by atoms with E-state index in [0.717, 1.165) is 39.1 Å². The van der Waals surface area contributed by atoms with Crippen molar-refractivity contribution in [1.29, 1.82) is 0 Å². The van der Waals surface area contributed by atoms with Crippen LogP contribution in [0, 0.1) is 0 Å². The van der Waals surface area contributed by atoms with Crippen LogP contribution in [0.2, 0.25) is 0 Å². The molecule has 202 valence electrons. The van der Waals surface area contributed by atoms with Gasteiger partial charge in [0.25, 0.3) is 0 Å². The van der Waals surface area contributed by atoms with E-state index in [4.69, 9.17) is 25.4 Å². The zero-order valence-electron chi connectivity index (χ0n) is 22.9. The molecule has 1 atom stereocenters. The summed E-state index contributed by atoms with van der Waals surface area (Å²) in [7, 11) is 1.36. The molecule has 0 amide bonds. The van der Waals surface area contributed by atoms with Gasteiger partial charge in [0.15, 0.2) is 0 Å². The fourth-order valence-electron chi connectivity index (χ4n) is 5.22. The smallest absolute Gasteiger partial charge is 0.337 e. The maximum absolute atomic E-state index is 12.0. The minimum absolute atomic E-state index is 0.144. The van der Waals surface area contributed by atoms with E-state index in [2.05, 4.69) is 11.5 Å². The highest BCUT2D eigenvalue weighted by Gasteiger charge is 2.36. The second kappa shape index (κ2) is 10.7. The van der Waals surface area contributed by atoms with E-state index >= 15 is 0 Å². The molecule has 8 heteroatoms. The summed E-state index contributed by atoms with van der Waals surface area (Å²) in [5.74, 6) is -0.255. The Morgan fingerprint density at radius 2 is 1.60 bits per heavy atom. The number of carbonyl (C=O) groups is 1. The Morgan fingerprint density at radius 3 is 2.10 bits per heavy atom. The largest absolute Gasteiger partial charge is 0.512 e. The zero-order chi connectivity index (χ0) is 28.4. The summed E-state index contributed by atoms with van der Waals surface area (Å²) in [4.78, 5) is 26.4. The molecular weight excluding hydrogens is 502 g/mol. The van der Waals surface area contributed by atoms with Gasteiger partial charge in [0.1, 0.15) is 5.54 Å². The van der Waals surface area contributed by atoms with Crippen LogP contribution < -0.4 is 5.73 Å². The van der Waals surface area contributed by atoms with Gasteiger partial charge >= 0.3 is 5.97 Å². The molecule has 0 aliphatic carbocycles. The van der Waals surface area contributed by atoms with E-state index < -0.39 is 17.6 Å². The highest BCUT2D eigenvalue weighted by molar-refractivity contribution is 5.96. The summed E-state index contributed by atoms with van der Waals surface area (Å²) < 4.78 is 6.99. The van der Waals surface area contributed by atoms with Crippen LogP contribution in [0.3, 0.4) is 0 Å². The SMILES string of the molecule is COC(=O)c1ccc(-c2cn(C(C)(c3ccccn3)c3ccccn3)c3cc(/C(=C(\C)O)C(C)N)cnc23)cc1. The molecule has 4 heterocycles. The predicted molar refractivity (Wildman–Crippen MR) is 156 cm³/mol. The quantitative estimate of drug-likeness (QED) is 0.203. The van der Waals surface area contributed by atoms with Crippen LogP contribution in [0.1, 0.15) is 48.1 Å². The molecule has 0 aliphatic rings. The van der Waals surface area contributed by atoms with E-state index in [0.29, 0.717) is 11.1 Å². The third-order valence-corrected chi connectivity index (χ3v) is 7.22. The van der Waals surface area contributed by atoms with Crippen molar-refractivity contribution in [3.05, 3.63) is 120 Å². The molecule has 4 aromatic heterocycles. The lowest BCUT2D eigenvalue weighted by Gasteiger charge is -2.31. The number of benzene rings is 1. The van der Waals surface area contributed by atoms with Crippen molar-refractivity contribution in [2.75, 3.05) is 7.11 Å². The number of aliphatic hydroxyl groups is 1. The molecule has 8 nitrogen and oxygen atoms in total. The first kappa shape index (κ1) is 26.8. The molecule has 1 unspecified atom stereocenters.